The minimum Gasteiger partial charge on any atom is -0.477 e. The molecular formula is C16H17N3NaO7S2. The number of carbonyl (C=O) groups is 4. The maximum absolute atomic E-state index is 12.8. The molecule has 1 saturated heterocycles. The van der Waals surface area contributed by atoms with Crippen molar-refractivity contribution in [3.05, 3.63) is 33.7 Å². The number of aliphatic carboxylic acids is 1. The molecule has 1 aromatic rings. The summed E-state index contributed by atoms with van der Waals surface area (Å²) >= 11 is 2.60. The van der Waals surface area contributed by atoms with E-state index in [9.17, 15) is 24.3 Å². The number of amides is 3. The summed E-state index contributed by atoms with van der Waals surface area (Å²) in [7, 11) is 1.27. The third-order valence-corrected chi connectivity index (χ3v) is 6.51. The van der Waals surface area contributed by atoms with Crippen molar-refractivity contribution < 1.29 is 33.8 Å². The van der Waals surface area contributed by atoms with E-state index in [0.717, 1.165) is 9.78 Å². The quantitative estimate of drug-likeness (QED) is 0.292. The van der Waals surface area contributed by atoms with E-state index in [4.69, 9.17) is 10.5 Å². The molecule has 2 atom stereocenters. The van der Waals surface area contributed by atoms with Crippen LogP contribution in [-0.2, 0) is 30.3 Å². The molecule has 2 aliphatic heterocycles. The molecule has 2 aliphatic rings. The number of ether oxygens (including phenoxy) is 2. The molecule has 0 spiro atoms. The average molecular weight is 450 g/mol. The van der Waals surface area contributed by atoms with E-state index in [-0.39, 0.29) is 59.6 Å². The predicted octanol–water partition coefficient (Wildman–Crippen LogP) is -0.282. The Labute approximate surface area is 196 Å². The van der Waals surface area contributed by atoms with E-state index < -0.39 is 35.0 Å². The zero-order chi connectivity index (χ0) is 20.5. The Kier molecular flexibility index (Phi) is 7.76. The Bertz CT molecular complexity index is 861. The van der Waals surface area contributed by atoms with Gasteiger partial charge in [0.2, 0.25) is 5.91 Å². The topological polar surface area (TPSA) is 148 Å². The minimum absolute atomic E-state index is 0. The monoisotopic (exact) mass is 450 g/mol. The molecule has 151 valence electrons. The van der Waals surface area contributed by atoms with E-state index in [1.807, 2.05) is 11.4 Å². The molecule has 3 amide bonds. The third kappa shape index (κ3) is 4.47. The van der Waals surface area contributed by atoms with Crippen LogP contribution in [0.2, 0.25) is 0 Å². The number of fused-ring (bicyclic) bond motifs is 1. The summed E-state index contributed by atoms with van der Waals surface area (Å²) in [6.07, 6.45) is -0.973. The Morgan fingerprint density at radius 1 is 1.45 bits per heavy atom. The van der Waals surface area contributed by atoms with E-state index in [1.165, 1.54) is 30.2 Å². The standard InChI is InChI=1S/C16H17N3O7S2.Na/c1-25-16(18-10(20)5-9-3-2-4-27-9)13(23)19-11(12(21)22)8(6-26-15(17)24)7-28-14(16)19;/h2-4,14H,5-7H2,1H3,(H2,17,24)(H,18,20)(H,21,22);/t14-,16+;/m1./s1. The van der Waals surface area contributed by atoms with Crippen molar-refractivity contribution in [3.63, 3.8) is 0 Å². The van der Waals surface area contributed by atoms with Gasteiger partial charge in [-0.15, -0.1) is 23.1 Å². The molecule has 1 fully saturated rings. The number of rotatable bonds is 7. The van der Waals surface area contributed by atoms with Gasteiger partial charge in [-0.25, -0.2) is 9.59 Å². The number of nitrogens with one attached hydrogen (secondary N) is 1. The molecule has 3 heterocycles. The van der Waals surface area contributed by atoms with Crippen LogP contribution in [0.3, 0.4) is 0 Å². The molecule has 29 heavy (non-hydrogen) atoms. The fourth-order valence-electron chi connectivity index (χ4n) is 3.04. The second kappa shape index (κ2) is 9.49. The number of nitrogens with two attached hydrogens (primary N) is 1. The van der Waals surface area contributed by atoms with Gasteiger partial charge < -0.3 is 25.6 Å². The predicted molar refractivity (Wildman–Crippen MR) is 105 cm³/mol. The summed E-state index contributed by atoms with van der Waals surface area (Å²) in [5.74, 6) is -2.31. The maximum atomic E-state index is 12.8. The van der Waals surface area contributed by atoms with Crippen LogP contribution in [0.15, 0.2) is 28.8 Å². The van der Waals surface area contributed by atoms with Crippen LogP contribution in [0.25, 0.3) is 0 Å². The average Bonchev–Trinajstić information content (AvgIpc) is 3.15. The van der Waals surface area contributed by atoms with Crippen LogP contribution in [0.4, 0.5) is 4.79 Å². The summed E-state index contributed by atoms with van der Waals surface area (Å²) in [5.41, 5.74) is 3.20. The van der Waals surface area contributed by atoms with Gasteiger partial charge in [0, 0.05) is 52.9 Å². The van der Waals surface area contributed by atoms with Crippen LogP contribution in [0.1, 0.15) is 4.88 Å². The van der Waals surface area contributed by atoms with Gasteiger partial charge in [0.05, 0.1) is 6.42 Å². The fourth-order valence-corrected chi connectivity index (χ4v) is 5.16. The van der Waals surface area contributed by atoms with Crippen molar-refractivity contribution in [2.24, 2.45) is 5.73 Å². The Morgan fingerprint density at radius 2 is 2.17 bits per heavy atom. The number of carboxylic acids is 1. The number of methoxy groups -OCH3 is 1. The molecule has 1 radical (unpaired) electrons. The number of thiophene rings is 1. The van der Waals surface area contributed by atoms with Gasteiger partial charge in [-0.1, -0.05) is 6.07 Å². The Morgan fingerprint density at radius 3 is 2.72 bits per heavy atom. The summed E-state index contributed by atoms with van der Waals surface area (Å²) < 4.78 is 10.0. The number of hydrogen-bond donors (Lipinski definition) is 3. The summed E-state index contributed by atoms with van der Waals surface area (Å²) in [6.45, 7) is -0.342. The summed E-state index contributed by atoms with van der Waals surface area (Å²) in [5, 5.41) is 13.2. The van der Waals surface area contributed by atoms with Gasteiger partial charge in [-0.3, -0.25) is 14.5 Å². The second-order valence-corrected chi connectivity index (χ2v) is 8.05. The van der Waals surface area contributed by atoms with Crippen LogP contribution < -0.4 is 11.1 Å². The summed E-state index contributed by atoms with van der Waals surface area (Å²) in [4.78, 5) is 49.6. The van der Waals surface area contributed by atoms with Gasteiger partial charge in [0.15, 0.2) is 0 Å². The van der Waals surface area contributed by atoms with Crippen molar-refractivity contribution >= 4 is 76.5 Å². The number of nitrogens with zero attached hydrogens (tertiary/aromatic N) is 1. The number of hydrogen-bond acceptors (Lipinski definition) is 8. The molecule has 4 N–H and O–H groups in total. The van der Waals surface area contributed by atoms with Crippen LogP contribution in [0, 0.1) is 0 Å². The molecule has 0 bridgehead atoms. The molecular weight excluding hydrogens is 433 g/mol. The second-order valence-electron chi connectivity index (χ2n) is 5.95. The Balaban J connectivity index is 0.00000300. The van der Waals surface area contributed by atoms with Gasteiger partial charge >= 0.3 is 12.1 Å². The number of primary amides is 1. The van der Waals surface area contributed by atoms with Gasteiger partial charge in [0.25, 0.3) is 11.6 Å². The van der Waals surface area contributed by atoms with E-state index in [1.54, 1.807) is 6.07 Å². The fraction of sp³-hybridized carbons (Fsp3) is 0.375. The number of carboxylic acid groups (broad SMARTS) is 1. The molecule has 10 nitrogen and oxygen atoms in total. The number of thioether (sulfide) groups is 1. The normalized spacial score (nSPS) is 22.9. The number of β-lactam (4-membered cyclic amide) rings is 1. The Hall–Kier alpha value is -1.57. The molecule has 13 heteroatoms. The molecule has 0 saturated carbocycles. The first-order chi connectivity index (χ1) is 13.3. The van der Waals surface area contributed by atoms with Crippen molar-refractivity contribution in [1.29, 1.82) is 0 Å². The largest absolute Gasteiger partial charge is 0.477 e. The third-order valence-electron chi connectivity index (χ3n) is 4.26. The smallest absolute Gasteiger partial charge is 0.404 e. The first-order valence-electron chi connectivity index (χ1n) is 8.01. The molecule has 3 rings (SSSR count). The molecule has 0 aromatic carbocycles. The van der Waals surface area contributed by atoms with Crippen molar-refractivity contribution in [2.45, 2.75) is 17.5 Å². The van der Waals surface area contributed by atoms with Gasteiger partial charge in [-0.2, -0.15) is 0 Å². The van der Waals surface area contributed by atoms with Crippen molar-refractivity contribution in [1.82, 2.24) is 10.2 Å². The van der Waals surface area contributed by atoms with E-state index in [0.29, 0.717) is 0 Å². The zero-order valence-corrected chi connectivity index (χ0v) is 19.3. The number of carbonyl (C=O) groups excluding carboxylic acids is 3. The van der Waals surface area contributed by atoms with Crippen LogP contribution >= 0.6 is 23.1 Å². The molecule has 1 aromatic heterocycles. The summed E-state index contributed by atoms with van der Waals surface area (Å²) in [6, 6.07) is 3.61. The molecule has 0 aliphatic carbocycles. The van der Waals surface area contributed by atoms with Gasteiger partial charge in [0.1, 0.15) is 17.7 Å². The van der Waals surface area contributed by atoms with Crippen molar-refractivity contribution in [2.75, 3.05) is 19.5 Å². The first-order valence-corrected chi connectivity index (χ1v) is 9.94. The molecule has 0 unspecified atom stereocenters. The zero-order valence-electron chi connectivity index (χ0n) is 15.7. The van der Waals surface area contributed by atoms with E-state index >= 15 is 0 Å². The SMILES string of the molecule is CO[C@@]1(NC(=O)Cc2cccs2)C(=O)N2C(C(=O)O)=C(COC(N)=O)CS[C@@H]21.[Na]. The maximum Gasteiger partial charge on any atom is 0.404 e. The van der Waals surface area contributed by atoms with Crippen LogP contribution in [-0.4, -0.2) is 94.0 Å². The van der Waals surface area contributed by atoms with Crippen molar-refractivity contribution in [3.8, 4) is 0 Å². The van der Waals surface area contributed by atoms with Gasteiger partial charge in [-0.05, 0) is 11.4 Å². The first kappa shape index (κ1) is 23.7. The van der Waals surface area contributed by atoms with E-state index in [2.05, 4.69) is 10.1 Å². The van der Waals surface area contributed by atoms with Crippen LogP contribution in [0.5, 0.6) is 0 Å². The minimum atomic E-state index is -1.66.